The van der Waals surface area contributed by atoms with Crippen LogP contribution in [0.25, 0.3) is 22.0 Å². The van der Waals surface area contributed by atoms with Crippen LogP contribution in [-0.4, -0.2) is 32.7 Å². The lowest BCUT2D eigenvalue weighted by Crippen LogP contribution is -3.28. The summed E-state index contributed by atoms with van der Waals surface area (Å²) in [5.41, 5.74) is 12.7. The van der Waals surface area contributed by atoms with Crippen LogP contribution in [0.5, 0.6) is 0 Å². The van der Waals surface area contributed by atoms with Crippen LogP contribution >= 0.6 is 11.3 Å². The normalized spacial score (nSPS) is 20.5. The lowest BCUT2D eigenvalue weighted by atomic mass is 10.0. The summed E-state index contributed by atoms with van der Waals surface area (Å²) in [4.78, 5) is 6.77. The lowest BCUT2D eigenvalue weighted by Gasteiger charge is -2.33. The summed E-state index contributed by atoms with van der Waals surface area (Å²) in [5.74, 6) is 0. The summed E-state index contributed by atoms with van der Waals surface area (Å²) < 4.78 is 0. The number of aromatic amines is 1. The molecule has 8 heteroatoms. The molecule has 5 N–H and O–H groups in total. The Labute approximate surface area is 229 Å². The molecule has 1 fully saturated rings. The summed E-state index contributed by atoms with van der Waals surface area (Å²) in [6, 6.07) is 23.3. The molecule has 0 bridgehead atoms. The Morgan fingerprint density at radius 1 is 0.886 bits per heavy atom. The van der Waals surface area contributed by atoms with E-state index in [0.717, 1.165) is 17.2 Å². The minimum atomic E-state index is 0. The van der Waals surface area contributed by atoms with Gasteiger partial charge in [-0.15, -0.1) is 0 Å². The third-order valence-corrected chi connectivity index (χ3v) is 8.22. The standard InChI is InChI=1S/C27H28N4S.3ClH/c28-27-29-24(18-32-27)20-9-7-19(8-10-20)11-12-30-13-15-31(16-14-30)25-17-22-5-1-3-21-4-2-6-23(25)26(21)22;;;/h1-10,18,25H,11-17H2,(H2,28,29);3*1H. The molecule has 3 aromatic carbocycles. The smallest absolute Gasteiger partial charge is 0.329 e. The van der Waals surface area contributed by atoms with Crippen molar-refractivity contribution in [1.29, 1.82) is 0 Å². The zero-order valence-electron chi connectivity index (χ0n) is 19.5. The molecule has 35 heavy (non-hydrogen) atoms. The molecule has 1 aromatic heterocycles. The fourth-order valence-electron chi connectivity index (χ4n) is 5.75. The first-order valence-corrected chi connectivity index (χ1v) is 12.7. The molecule has 4 aromatic rings. The number of halogens is 3. The molecule has 0 spiro atoms. The van der Waals surface area contributed by atoms with Crippen LogP contribution in [0.2, 0.25) is 0 Å². The number of hydrogen-bond acceptors (Lipinski definition) is 2. The van der Waals surface area contributed by atoms with Crippen molar-refractivity contribution in [3.05, 3.63) is 82.7 Å². The molecule has 0 saturated carbocycles. The summed E-state index contributed by atoms with van der Waals surface area (Å²) in [6.45, 7) is 6.33. The topological polar surface area (TPSA) is 49.0 Å². The number of hydrogen-bond donors (Lipinski definition) is 3. The van der Waals surface area contributed by atoms with Gasteiger partial charge in [0.05, 0.1) is 6.54 Å². The molecule has 4 nitrogen and oxygen atoms in total. The van der Waals surface area contributed by atoms with Gasteiger partial charge in [0.25, 0.3) is 0 Å². The highest BCUT2D eigenvalue weighted by Crippen LogP contribution is 2.35. The molecule has 1 aliphatic carbocycles. The zero-order valence-corrected chi connectivity index (χ0v) is 22.6. The molecule has 2 heterocycles. The van der Waals surface area contributed by atoms with Crippen LogP contribution in [0.3, 0.4) is 0 Å². The van der Waals surface area contributed by atoms with Crippen LogP contribution in [0.4, 0.5) is 5.13 Å². The zero-order chi connectivity index (χ0) is 21.5. The van der Waals surface area contributed by atoms with E-state index < -0.39 is 0 Å². The fraction of sp³-hybridized carbons (Fsp3) is 0.296. The Morgan fingerprint density at radius 2 is 1.60 bits per heavy atom. The fourth-order valence-corrected chi connectivity index (χ4v) is 6.36. The van der Waals surface area contributed by atoms with Gasteiger partial charge in [-0.05, 0) is 21.9 Å². The molecule has 1 unspecified atom stereocenters. The summed E-state index contributed by atoms with van der Waals surface area (Å²) in [7, 11) is 0. The van der Waals surface area contributed by atoms with E-state index in [1.54, 1.807) is 32.3 Å². The third kappa shape index (κ3) is 5.61. The molecular formula is C27H31Cl3N4S. The Bertz CT molecular complexity index is 1250. The average Bonchev–Trinajstić information content (AvgIpc) is 3.44. The van der Waals surface area contributed by atoms with Gasteiger partial charge < -0.3 is 47.0 Å². The average molecular weight is 550 g/mol. The third-order valence-electron chi connectivity index (χ3n) is 7.51. The van der Waals surface area contributed by atoms with Crippen molar-refractivity contribution < 1.29 is 52.0 Å². The Morgan fingerprint density at radius 3 is 2.29 bits per heavy atom. The lowest BCUT2D eigenvalue weighted by molar-refractivity contribution is -1.03. The van der Waals surface area contributed by atoms with Crippen molar-refractivity contribution in [3.63, 3.8) is 0 Å². The maximum Gasteiger partial charge on any atom is 0.329 e. The van der Waals surface area contributed by atoms with Gasteiger partial charge in [-0.2, -0.15) is 0 Å². The Kier molecular flexibility index (Phi) is 9.44. The first kappa shape index (κ1) is 27.7. The van der Waals surface area contributed by atoms with Gasteiger partial charge in [-0.1, -0.05) is 72.0 Å². The number of anilines is 1. The van der Waals surface area contributed by atoms with E-state index in [1.165, 1.54) is 61.0 Å². The van der Waals surface area contributed by atoms with Gasteiger partial charge in [0.2, 0.25) is 0 Å². The molecule has 2 aliphatic rings. The second kappa shape index (κ2) is 11.9. The van der Waals surface area contributed by atoms with E-state index in [-0.39, 0.29) is 37.2 Å². The molecule has 1 aliphatic heterocycles. The van der Waals surface area contributed by atoms with Crippen molar-refractivity contribution in [2.75, 3.05) is 38.5 Å². The molecule has 1 atom stereocenters. The van der Waals surface area contributed by atoms with Gasteiger partial charge in [0.1, 0.15) is 37.9 Å². The number of nitrogens with one attached hydrogen (secondary N) is 3. The van der Waals surface area contributed by atoms with Gasteiger partial charge in [0, 0.05) is 29.3 Å². The number of nitrogens with two attached hydrogens (primary N) is 1. The Hall–Kier alpha value is -1.86. The van der Waals surface area contributed by atoms with Crippen LogP contribution in [0, 0.1) is 0 Å². The number of H-pyrrole nitrogens is 1. The monoisotopic (exact) mass is 548 g/mol. The number of rotatable bonds is 5. The minimum absolute atomic E-state index is 0. The second-order valence-electron chi connectivity index (χ2n) is 9.36. The molecule has 0 amide bonds. The highest BCUT2D eigenvalue weighted by molar-refractivity contribution is 7.13. The number of aromatic nitrogens is 1. The number of quaternary nitrogens is 2. The first-order chi connectivity index (χ1) is 15.7. The van der Waals surface area contributed by atoms with E-state index in [0.29, 0.717) is 6.04 Å². The van der Waals surface area contributed by atoms with E-state index in [4.69, 9.17) is 5.73 Å². The molecule has 0 radical (unpaired) electrons. The van der Waals surface area contributed by atoms with Gasteiger partial charge in [-0.25, -0.2) is 4.98 Å². The molecule has 6 rings (SSSR count). The van der Waals surface area contributed by atoms with Gasteiger partial charge >= 0.3 is 5.13 Å². The predicted molar refractivity (Wildman–Crippen MR) is 131 cm³/mol. The largest absolute Gasteiger partial charge is 1.00 e. The second-order valence-corrected chi connectivity index (χ2v) is 10.3. The highest BCUT2D eigenvalue weighted by Gasteiger charge is 2.35. The number of nitrogen functional groups attached to an aromatic ring is 1. The van der Waals surface area contributed by atoms with E-state index in [2.05, 4.69) is 71.0 Å². The van der Waals surface area contributed by atoms with Gasteiger partial charge in [0.15, 0.2) is 0 Å². The number of piperazine rings is 1. The highest BCUT2D eigenvalue weighted by atomic mass is 35.5. The maximum atomic E-state index is 5.83. The van der Waals surface area contributed by atoms with Crippen molar-refractivity contribution >= 4 is 27.2 Å². The van der Waals surface area contributed by atoms with Crippen molar-refractivity contribution in [2.24, 2.45) is 0 Å². The van der Waals surface area contributed by atoms with E-state index in [1.807, 2.05) is 0 Å². The minimum Gasteiger partial charge on any atom is -1.00 e. The quantitative estimate of drug-likeness (QED) is 0.228. The van der Waals surface area contributed by atoms with Crippen LogP contribution < -0.4 is 57.7 Å². The van der Waals surface area contributed by atoms with Crippen LogP contribution in [0.15, 0.2) is 66.0 Å². The molecular weight excluding hydrogens is 519 g/mol. The van der Waals surface area contributed by atoms with Crippen molar-refractivity contribution in [3.8, 4) is 11.3 Å². The summed E-state index contributed by atoms with van der Waals surface area (Å²) >= 11 is 1.55. The number of thiazole rings is 1. The van der Waals surface area contributed by atoms with Crippen molar-refractivity contribution in [2.45, 2.75) is 18.9 Å². The van der Waals surface area contributed by atoms with Crippen LogP contribution in [0.1, 0.15) is 22.7 Å². The van der Waals surface area contributed by atoms with E-state index >= 15 is 0 Å². The predicted octanol–water partition coefficient (Wildman–Crippen LogP) is -7.40. The SMILES string of the molecule is Nc1[nH+]c(-c2ccc(CC[NH+]3CC[NH+](C4Cc5cccc6cccc4c56)CC3)cc2)cs1.[Cl-].[Cl-].[Cl-]. The van der Waals surface area contributed by atoms with Gasteiger partial charge in [-0.3, -0.25) is 5.73 Å². The number of benzene rings is 3. The summed E-state index contributed by atoms with van der Waals surface area (Å²) in [6.07, 6.45) is 2.36. The molecule has 186 valence electrons. The molecule has 1 saturated heterocycles. The summed E-state index contributed by atoms with van der Waals surface area (Å²) in [5, 5.41) is 5.79. The first-order valence-electron chi connectivity index (χ1n) is 11.8. The Balaban J connectivity index is 0.00000114. The van der Waals surface area contributed by atoms with Crippen molar-refractivity contribution in [1.82, 2.24) is 0 Å². The van der Waals surface area contributed by atoms with Crippen LogP contribution in [-0.2, 0) is 12.8 Å². The maximum absolute atomic E-state index is 5.83. The van der Waals surface area contributed by atoms with E-state index in [9.17, 15) is 0 Å².